The molecule has 0 saturated carbocycles. The third-order valence-corrected chi connectivity index (χ3v) is 1.88. The Kier molecular flexibility index (Phi) is 3.23. The molecule has 0 amide bonds. The van der Waals surface area contributed by atoms with Gasteiger partial charge in [0, 0.05) is 24.4 Å². The molecule has 3 nitrogen and oxygen atoms in total. The van der Waals surface area contributed by atoms with Gasteiger partial charge in [-0.3, -0.25) is 4.79 Å². The van der Waals surface area contributed by atoms with Crippen LogP contribution in [0.25, 0.3) is 0 Å². The Balaban J connectivity index is 2.46. The largest absolute Gasteiger partial charge is 0.334 e. The molecule has 0 spiro atoms. The van der Waals surface area contributed by atoms with E-state index in [1.807, 2.05) is 37.6 Å². The summed E-state index contributed by atoms with van der Waals surface area (Å²) in [5.74, 6) is 0.151. The average molecular weight is 192 g/mol. The van der Waals surface area contributed by atoms with Crippen molar-refractivity contribution >= 4 is 5.78 Å². The summed E-state index contributed by atoms with van der Waals surface area (Å²) in [4.78, 5) is 15.4. The molecule has 0 aromatic carbocycles. The minimum Gasteiger partial charge on any atom is -0.334 e. The van der Waals surface area contributed by atoms with Crippen molar-refractivity contribution in [3.05, 3.63) is 30.9 Å². The van der Waals surface area contributed by atoms with Crippen molar-refractivity contribution in [2.75, 3.05) is 0 Å². The van der Waals surface area contributed by atoms with E-state index >= 15 is 0 Å². The van der Waals surface area contributed by atoms with Crippen molar-refractivity contribution in [2.45, 2.75) is 27.3 Å². The maximum atomic E-state index is 11.5. The summed E-state index contributed by atoms with van der Waals surface area (Å²) in [6.45, 7) is 6.44. The van der Waals surface area contributed by atoms with Crippen molar-refractivity contribution in [1.82, 2.24) is 9.55 Å². The Bertz CT molecular complexity index is 318. The number of carbonyl (C=O) groups is 1. The van der Waals surface area contributed by atoms with Crippen molar-refractivity contribution in [2.24, 2.45) is 5.41 Å². The smallest absolute Gasteiger partial charge is 0.160 e. The molecule has 0 saturated heterocycles. The first-order valence-corrected chi connectivity index (χ1v) is 4.67. The minimum atomic E-state index is -0.286. The zero-order chi connectivity index (χ0) is 10.6. The van der Waals surface area contributed by atoms with Crippen LogP contribution in [0.1, 0.15) is 20.8 Å². The van der Waals surface area contributed by atoms with Crippen molar-refractivity contribution < 1.29 is 4.79 Å². The highest BCUT2D eigenvalue weighted by Crippen LogP contribution is 2.14. The van der Waals surface area contributed by atoms with Crippen LogP contribution in [0.3, 0.4) is 0 Å². The first-order chi connectivity index (χ1) is 6.50. The second-order valence-corrected chi connectivity index (χ2v) is 4.28. The summed E-state index contributed by atoms with van der Waals surface area (Å²) in [5.41, 5.74) is -0.286. The van der Waals surface area contributed by atoms with Crippen molar-refractivity contribution in [1.29, 1.82) is 0 Å². The van der Waals surface area contributed by atoms with Crippen LogP contribution in [-0.2, 0) is 11.3 Å². The van der Waals surface area contributed by atoms with E-state index in [1.165, 1.54) is 0 Å². The van der Waals surface area contributed by atoms with Crippen molar-refractivity contribution in [3.8, 4) is 0 Å². The number of ketones is 1. The lowest BCUT2D eigenvalue weighted by Gasteiger charge is -2.12. The number of rotatable bonds is 3. The van der Waals surface area contributed by atoms with Crippen LogP contribution in [0.2, 0.25) is 0 Å². The Morgan fingerprint density at radius 3 is 2.71 bits per heavy atom. The molecule has 76 valence electrons. The second-order valence-electron chi connectivity index (χ2n) is 4.28. The van der Waals surface area contributed by atoms with Crippen LogP contribution in [0.5, 0.6) is 0 Å². The molecule has 3 heteroatoms. The van der Waals surface area contributed by atoms with Gasteiger partial charge in [-0.1, -0.05) is 26.8 Å². The SMILES string of the molecule is CC(C)(C)C(=O)/C=C/Cn1ccnc1. The molecule has 0 fully saturated rings. The normalized spacial score (nSPS) is 12.2. The van der Waals surface area contributed by atoms with Gasteiger partial charge in [0.15, 0.2) is 5.78 Å². The van der Waals surface area contributed by atoms with Crippen LogP contribution in [0.15, 0.2) is 30.9 Å². The summed E-state index contributed by atoms with van der Waals surface area (Å²) in [6, 6.07) is 0. The quantitative estimate of drug-likeness (QED) is 0.687. The van der Waals surface area contributed by atoms with Gasteiger partial charge >= 0.3 is 0 Å². The third-order valence-electron chi connectivity index (χ3n) is 1.88. The van der Waals surface area contributed by atoms with Gasteiger partial charge in [-0.2, -0.15) is 0 Å². The molecule has 0 bridgehead atoms. The molecule has 1 heterocycles. The highest BCUT2D eigenvalue weighted by molar-refractivity contribution is 5.93. The molecule has 0 unspecified atom stereocenters. The van der Waals surface area contributed by atoms with Gasteiger partial charge in [-0.15, -0.1) is 0 Å². The van der Waals surface area contributed by atoms with E-state index < -0.39 is 0 Å². The molecular weight excluding hydrogens is 176 g/mol. The highest BCUT2D eigenvalue weighted by atomic mass is 16.1. The number of aromatic nitrogens is 2. The fourth-order valence-electron chi connectivity index (χ4n) is 0.926. The molecule has 0 aliphatic carbocycles. The first-order valence-electron chi connectivity index (χ1n) is 4.67. The van der Waals surface area contributed by atoms with E-state index in [2.05, 4.69) is 4.98 Å². The topological polar surface area (TPSA) is 34.9 Å². The third kappa shape index (κ3) is 3.17. The van der Waals surface area contributed by atoms with Gasteiger partial charge in [-0.25, -0.2) is 4.98 Å². The second kappa shape index (κ2) is 4.22. The predicted octanol–water partition coefficient (Wildman–Crippen LogP) is 2.05. The van der Waals surface area contributed by atoms with Gasteiger partial charge in [-0.05, 0) is 6.08 Å². The first kappa shape index (κ1) is 10.7. The number of hydrogen-bond acceptors (Lipinski definition) is 2. The van der Waals surface area contributed by atoms with Crippen LogP contribution >= 0.6 is 0 Å². The van der Waals surface area contributed by atoms with Crippen LogP contribution in [-0.4, -0.2) is 15.3 Å². The van der Waals surface area contributed by atoms with Gasteiger partial charge < -0.3 is 4.57 Å². The number of allylic oxidation sites excluding steroid dienone is 2. The molecule has 0 N–H and O–H groups in total. The monoisotopic (exact) mass is 192 g/mol. The molecule has 0 radical (unpaired) electrons. The lowest BCUT2D eigenvalue weighted by Crippen LogP contribution is -2.17. The fraction of sp³-hybridized carbons (Fsp3) is 0.455. The zero-order valence-corrected chi connectivity index (χ0v) is 8.90. The molecule has 1 rings (SSSR count). The van der Waals surface area contributed by atoms with E-state index in [1.54, 1.807) is 18.6 Å². The van der Waals surface area contributed by atoms with Crippen LogP contribution < -0.4 is 0 Å². The summed E-state index contributed by atoms with van der Waals surface area (Å²) < 4.78 is 1.91. The predicted molar refractivity (Wildman–Crippen MR) is 55.8 cm³/mol. The minimum absolute atomic E-state index is 0.151. The van der Waals surface area contributed by atoms with Crippen molar-refractivity contribution in [3.63, 3.8) is 0 Å². The van der Waals surface area contributed by atoms with Gasteiger partial charge in [0.05, 0.1) is 6.33 Å². The number of imidazole rings is 1. The molecule has 0 aliphatic rings. The van der Waals surface area contributed by atoms with E-state index in [4.69, 9.17) is 0 Å². The maximum Gasteiger partial charge on any atom is 0.160 e. The lowest BCUT2D eigenvalue weighted by atomic mass is 9.91. The molecule has 1 aromatic rings. The number of hydrogen-bond donors (Lipinski definition) is 0. The Morgan fingerprint density at radius 1 is 1.50 bits per heavy atom. The molecular formula is C11H16N2O. The van der Waals surface area contributed by atoms with Crippen LogP contribution in [0.4, 0.5) is 0 Å². The summed E-state index contributed by atoms with van der Waals surface area (Å²) in [5, 5.41) is 0. The standard InChI is InChI=1S/C11H16N2O/c1-11(2,3)10(14)5-4-7-13-8-6-12-9-13/h4-6,8-9H,7H2,1-3H3/b5-4+. The highest BCUT2D eigenvalue weighted by Gasteiger charge is 2.17. The molecule has 1 aromatic heterocycles. The summed E-state index contributed by atoms with van der Waals surface area (Å²) in [7, 11) is 0. The van der Waals surface area contributed by atoms with Gasteiger partial charge in [0.25, 0.3) is 0 Å². The van der Waals surface area contributed by atoms with E-state index in [-0.39, 0.29) is 11.2 Å². The average Bonchev–Trinajstić information content (AvgIpc) is 2.55. The lowest BCUT2D eigenvalue weighted by molar-refractivity contribution is -0.121. The Hall–Kier alpha value is -1.38. The zero-order valence-electron chi connectivity index (χ0n) is 8.90. The molecule has 0 atom stereocenters. The van der Waals surface area contributed by atoms with Crippen LogP contribution in [0, 0.1) is 5.41 Å². The molecule has 0 aliphatic heterocycles. The molecule has 14 heavy (non-hydrogen) atoms. The number of nitrogens with zero attached hydrogens (tertiary/aromatic N) is 2. The summed E-state index contributed by atoms with van der Waals surface area (Å²) in [6.07, 6.45) is 8.81. The van der Waals surface area contributed by atoms with E-state index in [0.29, 0.717) is 6.54 Å². The maximum absolute atomic E-state index is 11.5. The van der Waals surface area contributed by atoms with Gasteiger partial charge in [0.1, 0.15) is 0 Å². The number of carbonyl (C=O) groups excluding carboxylic acids is 1. The summed E-state index contributed by atoms with van der Waals surface area (Å²) >= 11 is 0. The Morgan fingerprint density at radius 2 is 2.21 bits per heavy atom. The van der Waals surface area contributed by atoms with E-state index in [9.17, 15) is 4.79 Å². The van der Waals surface area contributed by atoms with Gasteiger partial charge in [0.2, 0.25) is 0 Å². The Labute approximate surface area is 84.5 Å². The van der Waals surface area contributed by atoms with E-state index in [0.717, 1.165) is 0 Å². The fourth-order valence-corrected chi connectivity index (χ4v) is 0.926.